The molecule has 4 rings (SSSR count). The van der Waals surface area contributed by atoms with E-state index in [1.807, 2.05) is 48.5 Å². The van der Waals surface area contributed by atoms with Crippen LogP contribution in [-0.2, 0) is 0 Å². The molecule has 2 nitrogen and oxygen atoms in total. The van der Waals surface area contributed by atoms with E-state index in [1.54, 1.807) is 6.26 Å². The van der Waals surface area contributed by atoms with Crippen molar-refractivity contribution in [2.75, 3.05) is 0 Å². The molecule has 0 aliphatic heterocycles. The fraction of sp³-hybridized carbons (Fsp3) is 0. The summed E-state index contributed by atoms with van der Waals surface area (Å²) in [6.07, 6.45) is 1.67. The molecular formula is C21H15NO. The summed E-state index contributed by atoms with van der Waals surface area (Å²) in [5.41, 5.74) is 5.18. The van der Waals surface area contributed by atoms with Gasteiger partial charge < -0.3 is 4.42 Å². The predicted octanol–water partition coefficient (Wildman–Crippen LogP) is 5.68. The lowest BCUT2D eigenvalue weighted by molar-refractivity contribution is 0.580. The summed E-state index contributed by atoms with van der Waals surface area (Å²) in [5.74, 6) is 0.778. The van der Waals surface area contributed by atoms with E-state index in [0.29, 0.717) is 0 Å². The van der Waals surface area contributed by atoms with E-state index in [2.05, 4.69) is 36.4 Å². The molecule has 23 heavy (non-hydrogen) atoms. The molecule has 0 aliphatic carbocycles. The maximum atomic E-state index is 5.54. The van der Waals surface area contributed by atoms with E-state index in [-0.39, 0.29) is 0 Å². The molecule has 0 aliphatic rings. The number of rotatable bonds is 3. The summed E-state index contributed by atoms with van der Waals surface area (Å²) in [4.78, 5) is 4.78. The van der Waals surface area contributed by atoms with Crippen molar-refractivity contribution in [3.8, 4) is 33.8 Å². The Morgan fingerprint density at radius 3 is 1.87 bits per heavy atom. The summed E-state index contributed by atoms with van der Waals surface area (Å²) in [5, 5.41) is 0. The molecule has 0 atom stereocenters. The first-order valence-electron chi connectivity index (χ1n) is 7.57. The predicted molar refractivity (Wildman–Crippen MR) is 92.8 cm³/mol. The van der Waals surface area contributed by atoms with Crippen molar-refractivity contribution in [1.29, 1.82) is 0 Å². The minimum atomic E-state index is 0.778. The van der Waals surface area contributed by atoms with E-state index in [4.69, 9.17) is 9.40 Å². The van der Waals surface area contributed by atoms with Crippen LogP contribution in [0.25, 0.3) is 33.8 Å². The highest BCUT2D eigenvalue weighted by atomic mass is 16.3. The second-order valence-corrected chi connectivity index (χ2v) is 5.34. The van der Waals surface area contributed by atoms with Gasteiger partial charge in [0.25, 0.3) is 0 Å². The average molecular weight is 297 g/mol. The molecule has 2 heterocycles. The Balaban J connectivity index is 1.91. The highest BCUT2D eigenvalue weighted by molar-refractivity contribution is 5.75. The zero-order chi connectivity index (χ0) is 15.5. The molecule has 0 N–H and O–H groups in total. The Bertz CT molecular complexity index is 840. The number of pyridine rings is 1. The first kappa shape index (κ1) is 13.5. The average Bonchev–Trinajstić information content (AvgIpc) is 3.18. The molecule has 4 aromatic rings. The topological polar surface area (TPSA) is 26.0 Å². The third-order valence-electron chi connectivity index (χ3n) is 3.78. The minimum absolute atomic E-state index is 0.778. The maximum Gasteiger partial charge on any atom is 0.152 e. The number of hydrogen-bond acceptors (Lipinski definition) is 2. The molecule has 0 amide bonds. The first-order chi connectivity index (χ1) is 11.4. The standard InChI is InChI=1S/C21H15NO/c1-3-8-16(9-4-1)18-14-19(17-10-5-2-6-11-17)22-20(15-18)21-12-7-13-23-21/h1-15H. The van der Waals surface area contributed by atoms with Gasteiger partial charge in [-0.1, -0.05) is 60.7 Å². The normalized spacial score (nSPS) is 10.6. The fourth-order valence-corrected chi connectivity index (χ4v) is 2.64. The van der Waals surface area contributed by atoms with Crippen LogP contribution in [0, 0.1) is 0 Å². The van der Waals surface area contributed by atoms with Gasteiger partial charge in [0.1, 0.15) is 5.69 Å². The van der Waals surface area contributed by atoms with Crippen LogP contribution in [0.5, 0.6) is 0 Å². The lowest BCUT2D eigenvalue weighted by Gasteiger charge is -2.08. The fourth-order valence-electron chi connectivity index (χ4n) is 2.64. The van der Waals surface area contributed by atoms with E-state index < -0.39 is 0 Å². The van der Waals surface area contributed by atoms with Gasteiger partial charge in [-0.2, -0.15) is 0 Å². The van der Waals surface area contributed by atoms with Gasteiger partial charge >= 0.3 is 0 Å². The zero-order valence-electron chi connectivity index (χ0n) is 12.5. The molecule has 0 fully saturated rings. The summed E-state index contributed by atoms with van der Waals surface area (Å²) in [7, 11) is 0. The van der Waals surface area contributed by atoms with Gasteiger partial charge in [-0.15, -0.1) is 0 Å². The van der Waals surface area contributed by atoms with E-state index in [9.17, 15) is 0 Å². The summed E-state index contributed by atoms with van der Waals surface area (Å²) >= 11 is 0. The van der Waals surface area contributed by atoms with E-state index in [0.717, 1.165) is 28.3 Å². The van der Waals surface area contributed by atoms with Crippen LogP contribution in [0.1, 0.15) is 0 Å². The highest BCUT2D eigenvalue weighted by Gasteiger charge is 2.10. The quantitative estimate of drug-likeness (QED) is 0.486. The van der Waals surface area contributed by atoms with Crippen molar-refractivity contribution in [2.45, 2.75) is 0 Å². The Morgan fingerprint density at radius 1 is 0.565 bits per heavy atom. The molecule has 0 radical (unpaired) electrons. The van der Waals surface area contributed by atoms with Crippen LogP contribution in [-0.4, -0.2) is 4.98 Å². The third kappa shape index (κ3) is 2.79. The number of nitrogens with zero attached hydrogens (tertiary/aromatic N) is 1. The van der Waals surface area contributed by atoms with Crippen LogP contribution >= 0.6 is 0 Å². The lowest BCUT2D eigenvalue weighted by atomic mass is 10.0. The largest absolute Gasteiger partial charge is 0.463 e. The van der Waals surface area contributed by atoms with Crippen LogP contribution in [0.3, 0.4) is 0 Å². The molecule has 110 valence electrons. The van der Waals surface area contributed by atoms with Gasteiger partial charge in [-0.05, 0) is 35.4 Å². The Labute approximate surface area is 135 Å². The SMILES string of the molecule is c1ccc(-c2cc(-c3ccccc3)nc(-c3ccco3)c2)cc1. The maximum absolute atomic E-state index is 5.54. The van der Waals surface area contributed by atoms with Gasteiger partial charge in [-0.25, -0.2) is 4.98 Å². The second kappa shape index (κ2) is 5.93. The molecule has 2 aromatic carbocycles. The Morgan fingerprint density at radius 2 is 1.22 bits per heavy atom. The lowest BCUT2D eigenvalue weighted by Crippen LogP contribution is -1.90. The molecule has 2 aromatic heterocycles. The van der Waals surface area contributed by atoms with Crippen LogP contribution in [0.2, 0.25) is 0 Å². The van der Waals surface area contributed by atoms with Crippen molar-refractivity contribution in [1.82, 2.24) is 4.98 Å². The molecule has 2 heteroatoms. The van der Waals surface area contributed by atoms with Crippen molar-refractivity contribution < 1.29 is 4.42 Å². The van der Waals surface area contributed by atoms with E-state index in [1.165, 1.54) is 5.56 Å². The van der Waals surface area contributed by atoms with Crippen molar-refractivity contribution in [3.63, 3.8) is 0 Å². The van der Waals surface area contributed by atoms with Crippen molar-refractivity contribution >= 4 is 0 Å². The number of aromatic nitrogens is 1. The summed E-state index contributed by atoms with van der Waals surface area (Å²) < 4.78 is 5.54. The molecule has 0 saturated heterocycles. The Kier molecular flexibility index (Phi) is 3.49. The zero-order valence-corrected chi connectivity index (χ0v) is 12.5. The molecule has 0 unspecified atom stereocenters. The van der Waals surface area contributed by atoms with Crippen LogP contribution < -0.4 is 0 Å². The summed E-state index contributed by atoms with van der Waals surface area (Å²) in [6.45, 7) is 0. The summed E-state index contributed by atoms with van der Waals surface area (Å²) in [6, 6.07) is 28.6. The number of furan rings is 1. The highest BCUT2D eigenvalue weighted by Crippen LogP contribution is 2.30. The second-order valence-electron chi connectivity index (χ2n) is 5.34. The molecule has 0 spiro atoms. The minimum Gasteiger partial charge on any atom is -0.463 e. The van der Waals surface area contributed by atoms with Gasteiger partial charge in [0, 0.05) is 5.56 Å². The van der Waals surface area contributed by atoms with Crippen molar-refractivity contribution in [3.05, 3.63) is 91.2 Å². The molecular weight excluding hydrogens is 282 g/mol. The Hall–Kier alpha value is -3.13. The van der Waals surface area contributed by atoms with Crippen LogP contribution in [0.15, 0.2) is 95.6 Å². The number of benzene rings is 2. The van der Waals surface area contributed by atoms with Gasteiger partial charge in [0.05, 0.1) is 12.0 Å². The van der Waals surface area contributed by atoms with E-state index >= 15 is 0 Å². The third-order valence-corrected chi connectivity index (χ3v) is 3.78. The van der Waals surface area contributed by atoms with Crippen LogP contribution in [0.4, 0.5) is 0 Å². The first-order valence-corrected chi connectivity index (χ1v) is 7.57. The molecule has 0 saturated carbocycles. The van der Waals surface area contributed by atoms with Gasteiger partial charge in [0.15, 0.2) is 5.76 Å². The number of hydrogen-bond donors (Lipinski definition) is 0. The van der Waals surface area contributed by atoms with Crippen molar-refractivity contribution in [2.24, 2.45) is 0 Å². The molecule has 0 bridgehead atoms. The van der Waals surface area contributed by atoms with Gasteiger partial charge in [-0.3, -0.25) is 0 Å². The monoisotopic (exact) mass is 297 g/mol. The van der Waals surface area contributed by atoms with Gasteiger partial charge in [0.2, 0.25) is 0 Å². The smallest absolute Gasteiger partial charge is 0.152 e.